The maximum Gasteiger partial charge on any atom is 0.267 e. The molecule has 5 aromatic carbocycles. The molecular weight excluding hydrogens is 1530 g/mol. The SMILES string of the molecule is CC(C)(C)c1ccc(-c2ccc(C(=O)N3CCC(F)(F)C3)cc2)s1.CC(C)(C)c1ccc(-c2ccc(C(=O)N3CCC3)cc2)s1.CC(C)(C)c1ccc(-c2ccc(C(=O)N3CCCC3)c(Cl)c2)s1.CC(C)(C)c1ccc(-c2ccc(C(=O)N3CCCC3)c(F)c2)s1.CC(C)(C)c1ccc(-c2ccc(C(=O)N3CCCC3)cc2)s1. The summed E-state index contributed by atoms with van der Waals surface area (Å²) in [6.07, 6.45) is 7.35. The lowest BCUT2D eigenvalue weighted by atomic mass is 9.95. The monoisotopic (exact) mass is 1640 g/mol. The second kappa shape index (κ2) is 36.0. The predicted molar refractivity (Wildman–Crippen MR) is 469 cm³/mol. The molecule has 0 bridgehead atoms. The van der Waals surface area contributed by atoms with Gasteiger partial charge in [-0.05, 0) is 221 Å². The lowest BCUT2D eigenvalue weighted by Gasteiger charge is -2.30. The number of likely N-dealkylation sites (tertiary alicyclic amines) is 5. The molecule has 5 amide bonds. The van der Waals surface area contributed by atoms with Gasteiger partial charge in [0, 0.05) is 131 Å². The quantitative estimate of drug-likeness (QED) is 0.136. The van der Waals surface area contributed by atoms with Gasteiger partial charge in [0.2, 0.25) is 0 Å². The highest BCUT2D eigenvalue weighted by Gasteiger charge is 2.41. The molecule has 0 spiro atoms. The van der Waals surface area contributed by atoms with Crippen LogP contribution in [0.25, 0.3) is 52.2 Å². The van der Waals surface area contributed by atoms with Crippen molar-refractivity contribution >= 4 is 97.8 Å². The number of rotatable bonds is 10. The van der Waals surface area contributed by atoms with Crippen molar-refractivity contribution < 1.29 is 37.1 Å². The average Bonchev–Trinajstić information content (AvgIpc) is 1.76. The highest BCUT2D eigenvalue weighted by atomic mass is 35.5. The Hall–Kier alpha value is -7.97. The summed E-state index contributed by atoms with van der Waals surface area (Å²) < 4.78 is 41.0. The standard InChI is InChI=1S/C19H22ClNOS.C19H21F2NOS.C19H22FNOS.C19H23NOS.C18H21NOS/c1-19(2,3)17-9-8-16(23-17)13-6-7-14(15(20)12-13)18(22)21-10-4-5-11-21;1-18(2,3)16-9-8-15(24-16)13-4-6-14(7-5-13)17(23)22-11-10-19(20,21)12-22;1-19(2,3)17-9-8-16(23-17)13-6-7-14(15(20)12-13)18(22)21-10-4-5-11-21;1-19(2,3)17-11-10-16(22-17)14-6-8-15(9-7-14)18(21)20-12-4-5-13-20;1-18(2,3)16-10-9-15(21-16)13-5-7-14(8-6-13)17(20)19-11-4-12-19/h6-9,12H,4-5,10-11H2,1-3H3;4-9H,10-12H2,1-3H3;6-9,12H,4-5,10-11H2,1-3H3;6-11H,4-5,12-13H2,1-3H3;5-10H,4,11-12H2,1-3H3. The highest BCUT2D eigenvalue weighted by Crippen LogP contribution is 2.42. The molecule has 0 atom stereocenters. The Bertz CT molecular complexity index is 4810. The van der Waals surface area contributed by atoms with E-state index in [1.165, 1.54) is 61.1 Å². The van der Waals surface area contributed by atoms with Crippen LogP contribution in [0.15, 0.2) is 170 Å². The van der Waals surface area contributed by atoms with Crippen LogP contribution in [0.1, 0.15) is 231 Å². The first-order valence-electron chi connectivity index (χ1n) is 39.5. The van der Waals surface area contributed by atoms with Crippen molar-refractivity contribution in [1.29, 1.82) is 0 Å². The van der Waals surface area contributed by atoms with E-state index in [9.17, 15) is 37.1 Å². The molecule has 113 heavy (non-hydrogen) atoms. The van der Waals surface area contributed by atoms with Crippen molar-refractivity contribution in [3.8, 4) is 52.2 Å². The van der Waals surface area contributed by atoms with E-state index >= 15 is 0 Å². The molecule has 5 aliphatic rings. The number of hydrogen-bond donors (Lipinski definition) is 0. The molecule has 0 N–H and O–H groups in total. The Morgan fingerprint density at radius 2 is 0.566 bits per heavy atom. The van der Waals surface area contributed by atoms with Crippen LogP contribution < -0.4 is 0 Å². The molecule has 15 rings (SSSR count). The van der Waals surface area contributed by atoms with Crippen molar-refractivity contribution in [3.05, 3.63) is 233 Å². The van der Waals surface area contributed by atoms with Crippen LogP contribution in [-0.2, 0) is 27.1 Å². The first kappa shape index (κ1) is 85.9. The smallest absolute Gasteiger partial charge is 0.267 e. The van der Waals surface area contributed by atoms with Gasteiger partial charge in [-0.1, -0.05) is 164 Å². The van der Waals surface area contributed by atoms with Gasteiger partial charge in [-0.15, -0.1) is 56.7 Å². The summed E-state index contributed by atoms with van der Waals surface area (Å²) >= 11 is 15.3. The molecule has 0 radical (unpaired) electrons. The third kappa shape index (κ3) is 22.2. The van der Waals surface area contributed by atoms with Crippen LogP contribution in [-0.4, -0.2) is 125 Å². The zero-order valence-corrected chi connectivity index (χ0v) is 73.1. The zero-order chi connectivity index (χ0) is 81.5. The first-order valence-corrected chi connectivity index (χ1v) is 44.0. The number of nitrogens with zero attached hydrogens (tertiary/aromatic N) is 5. The molecule has 10 aromatic rings. The molecule has 0 saturated carbocycles. The van der Waals surface area contributed by atoms with Crippen molar-refractivity contribution in [3.63, 3.8) is 0 Å². The fourth-order valence-corrected chi connectivity index (χ4v) is 19.2. The summed E-state index contributed by atoms with van der Waals surface area (Å²) in [6, 6.07) is 55.5. The highest BCUT2D eigenvalue weighted by molar-refractivity contribution is 7.17. The van der Waals surface area contributed by atoms with Crippen molar-refractivity contribution in [2.24, 2.45) is 0 Å². The number of benzene rings is 5. The van der Waals surface area contributed by atoms with Crippen molar-refractivity contribution in [2.75, 3.05) is 65.4 Å². The molecule has 5 aliphatic heterocycles. The van der Waals surface area contributed by atoms with Crippen LogP contribution in [0.4, 0.5) is 13.2 Å². The number of amides is 5. The number of hydrogen-bond acceptors (Lipinski definition) is 10. The van der Waals surface area contributed by atoms with E-state index < -0.39 is 18.3 Å². The molecule has 0 aliphatic carbocycles. The molecule has 19 heteroatoms. The Morgan fingerprint density at radius 1 is 0.310 bits per heavy atom. The van der Waals surface area contributed by atoms with Crippen LogP contribution in [0.3, 0.4) is 0 Å². The normalized spacial score (nSPS) is 15.6. The van der Waals surface area contributed by atoms with E-state index in [-0.39, 0.29) is 75.1 Å². The van der Waals surface area contributed by atoms with Crippen molar-refractivity contribution in [1.82, 2.24) is 24.5 Å². The third-order valence-corrected chi connectivity index (χ3v) is 28.8. The lowest BCUT2D eigenvalue weighted by molar-refractivity contribution is 0.0120. The Balaban J connectivity index is 0.000000140. The van der Waals surface area contributed by atoms with E-state index in [4.69, 9.17) is 11.6 Å². The minimum Gasteiger partial charge on any atom is -0.339 e. The van der Waals surface area contributed by atoms with Crippen LogP contribution in [0.2, 0.25) is 5.02 Å². The number of thiophene rings is 5. The minimum absolute atomic E-state index is 0.0561. The number of carbonyl (C=O) groups is 5. The third-order valence-electron chi connectivity index (χ3n) is 20.7. The van der Waals surface area contributed by atoms with Crippen molar-refractivity contribution in [2.45, 2.75) is 188 Å². The van der Waals surface area contributed by atoms with Gasteiger partial charge in [0.15, 0.2) is 0 Å². The van der Waals surface area contributed by atoms with E-state index in [0.717, 1.165) is 135 Å². The summed E-state index contributed by atoms with van der Waals surface area (Å²) in [7, 11) is 0. The molecule has 5 saturated heterocycles. The van der Waals surface area contributed by atoms with Gasteiger partial charge < -0.3 is 24.5 Å². The van der Waals surface area contributed by atoms with Crippen LogP contribution in [0.5, 0.6) is 0 Å². The lowest BCUT2D eigenvalue weighted by Crippen LogP contribution is -2.41. The van der Waals surface area contributed by atoms with Gasteiger partial charge >= 0.3 is 0 Å². The van der Waals surface area contributed by atoms with Crippen LogP contribution >= 0.6 is 68.3 Å². The van der Waals surface area contributed by atoms with E-state index in [1.54, 1.807) is 57.1 Å². The van der Waals surface area contributed by atoms with Gasteiger partial charge in [0.25, 0.3) is 35.5 Å². The topological polar surface area (TPSA) is 102 Å². The second-order valence-electron chi connectivity index (χ2n) is 35.2. The largest absolute Gasteiger partial charge is 0.339 e. The predicted octanol–water partition coefficient (Wildman–Crippen LogP) is 25.4. The van der Waals surface area contributed by atoms with E-state index in [2.05, 4.69) is 183 Å². The number of halogens is 4. The summed E-state index contributed by atoms with van der Waals surface area (Å²) in [5, 5.41) is 0.546. The number of carbonyl (C=O) groups excluding carboxylic acids is 5. The van der Waals surface area contributed by atoms with Crippen LogP contribution in [0, 0.1) is 5.82 Å². The fraction of sp³-hybridized carbons (Fsp3) is 0.415. The van der Waals surface area contributed by atoms with E-state index in [1.807, 2.05) is 104 Å². The van der Waals surface area contributed by atoms with Gasteiger partial charge in [-0.25, -0.2) is 13.2 Å². The van der Waals surface area contributed by atoms with Gasteiger partial charge in [0.1, 0.15) is 5.82 Å². The average molecular weight is 1640 g/mol. The summed E-state index contributed by atoms with van der Waals surface area (Å²) in [6.45, 7) is 39.5. The molecule has 598 valence electrons. The maximum atomic E-state index is 14.4. The number of alkyl halides is 2. The second-order valence-corrected chi connectivity index (χ2v) is 41.0. The minimum atomic E-state index is -2.75. The Morgan fingerprint density at radius 3 is 0.823 bits per heavy atom. The summed E-state index contributed by atoms with van der Waals surface area (Å²) in [5.41, 5.74) is 8.93. The van der Waals surface area contributed by atoms with Gasteiger partial charge in [-0.3, -0.25) is 24.0 Å². The summed E-state index contributed by atoms with van der Waals surface area (Å²) in [5.74, 6) is -3.30. The van der Waals surface area contributed by atoms with E-state index in [0.29, 0.717) is 16.1 Å². The van der Waals surface area contributed by atoms with Gasteiger partial charge in [0.05, 0.1) is 22.7 Å². The molecule has 0 unspecified atom stereocenters. The van der Waals surface area contributed by atoms with Gasteiger partial charge in [-0.2, -0.15) is 0 Å². The zero-order valence-electron chi connectivity index (χ0n) is 68.2. The Labute approximate surface area is 693 Å². The molecular formula is C94H109ClF3N5O5S5. The molecule has 10 nitrogen and oxygen atoms in total. The maximum absolute atomic E-state index is 14.4. The molecule has 5 aromatic heterocycles. The molecule has 10 heterocycles. The summed E-state index contributed by atoms with van der Waals surface area (Å²) in [4.78, 5) is 83.0. The fourth-order valence-electron chi connectivity index (χ4n) is 13.6. The molecule has 5 fully saturated rings. The Kier molecular flexibility index (Phi) is 27.4. The first-order chi connectivity index (χ1) is 53.3.